The van der Waals surface area contributed by atoms with Crippen LogP contribution in [0.25, 0.3) is 27.9 Å². The molecule has 4 aromatic rings. The van der Waals surface area contributed by atoms with Crippen LogP contribution in [0.1, 0.15) is 23.0 Å². The van der Waals surface area contributed by atoms with Crippen molar-refractivity contribution in [1.82, 2.24) is 29.7 Å². The number of H-pyrrole nitrogens is 1. The molecule has 172 valence electrons. The number of carbonyl (C=O) groups excluding carboxylic acids is 1. The summed E-state index contributed by atoms with van der Waals surface area (Å²) in [6, 6.07) is 13.5. The first kappa shape index (κ1) is 21.8. The van der Waals surface area contributed by atoms with Crippen LogP contribution in [-0.4, -0.2) is 68.9 Å². The van der Waals surface area contributed by atoms with Gasteiger partial charge in [-0.2, -0.15) is 0 Å². The highest BCUT2D eigenvalue weighted by molar-refractivity contribution is 5.98. The van der Waals surface area contributed by atoms with E-state index in [1.54, 1.807) is 12.4 Å². The van der Waals surface area contributed by atoms with E-state index in [-0.39, 0.29) is 5.91 Å². The number of pyridine rings is 1. The molecule has 34 heavy (non-hydrogen) atoms. The van der Waals surface area contributed by atoms with Crippen molar-refractivity contribution in [3.05, 3.63) is 72.7 Å². The molecule has 0 spiro atoms. The fourth-order valence-electron chi connectivity index (χ4n) is 4.03. The predicted octanol–water partition coefficient (Wildman–Crippen LogP) is 4.18. The molecule has 1 aliphatic heterocycles. The molecule has 0 saturated carbocycles. The molecule has 0 unspecified atom stereocenters. The number of aromatic amines is 1. The first-order valence-electron chi connectivity index (χ1n) is 11.3. The van der Waals surface area contributed by atoms with Crippen molar-refractivity contribution in [1.29, 1.82) is 0 Å². The molecule has 8 nitrogen and oxygen atoms in total. The number of anilines is 2. The number of amides is 1. The van der Waals surface area contributed by atoms with Gasteiger partial charge in [0.2, 0.25) is 5.95 Å². The van der Waals surface area contributed by atoms with Gasteiger partial charge in [0.05, 0.1) is 11.4 Å². The number of allylic oxidation sites excluding steroid dienone is 1. The second-order valence-corrected chi connectivity index (χ2v) is 8.68. The van der Waals surface area contributed by atoms with E-state index in [0.29, 0.717) is 11.6 Å². The van der Waals surface area contributed by atoms with Crippen molar-refractivity contribution in [2.24, 2.45) is 0 Å². The minimum atomic E-state index is 0.0411. The van der Waals surface area contributed by atoms with E-state index in [1.165, 1.54) is 0 Å². The molecule has 0 radical (unpaired) electrons. The van der Waals surface area contributed by atoms with Gasteiger partial charge in [0.1, 0.15) is 5.69 Å². The van der Waals surface area contributed by atoms with E-state index in [4.69, 9.17) is 0 Å². The monoisotopic (exact) mass is 453 g/mol. The minimum absolute atomic E-state index is 0.0411. The summed E-state index contributed by atoms with van der Waals surface area (Å²) in [5.41, 5.74) is 5.85. The molecule has 3 aromatic heterocycles. The summed E-state index contributed by atoms with van der Waals surface area (Å²) in [5, 5.41) is 4.22. The SMILES string of the molecule is C=C(C)c1ccnc(-c2ccnc(Nc3ccc4[nH]c(C(=O)N5CCN(C)CC5)cc4c3)n2)c1. The van der Waals surface area contributed by atoms with Crippen molar-refractivity contribution >= 4 is 34.0 Å². The summed E-state index contributed by atoms with van der Waals surface area (Å²) in [5.74, 6) is 0.517. The molecular formula is C26H27N7O. The van der Waals surface area contributed by atoms with E-state index in [1.807, 2.05) is 54.3 Å². The number of hydrogen-bond donors (Lipinski definition) is 2. The Bertz CT molecular complexity index is 1370. The van der Waals surface area contributed by atoms with Gasteiger partial charge in [-0.15, -0.1) is 0 Å². The number of likely N-dealkylation sites (N-methyl/N-ethyl adjacent to an activating group) is 1. The molecular weight excluding hydrogens is 426 g/mol. The summed E-state index contributed by atoms with van der Waals surface area (Å²) < 4.78 is 0. The fraction of sp³-hybridized carbons (Fsp3) is 0.231. The number of nitrogens with zero attached hydrogens (tertiary/aromatic N) is 5. The van der Waals surface area contributed by atoms with Crippen LogP contribution in [0.2, 0.25) is 0 Å². The molecule has 2 N–H and O–H groups in total. The zero-order valence-electron chi connectivity index (χ0n) is 19.4. The van der Waals surface area contributed by atoms with Crippen LogP contribution >= 0.6 is 0 Å². The first-order valence-corrected chi connectivity index (χ1v) is 11.3. The van der Waals surface area contributed by atoms with E-state index in [2.05, 4.69) is 43.8 Å². The second-order valence-electron chi connectivity index (χ2n) is 8.68. The lowest BCUT2D eigenvalue weighted by Gasteiger charge is -2.32. The van der Waals surface area contributed by atoms with E-state index in [0.717, 1.165) is 65.3 Å². The van der Waals surface area contributed by atoms with Gasteiger partial charge in [-0.05, 0) is 62.0 Å². The molecule has 1 saturated heterocycles. The predicted molar refractivity (Wildman–Crippen MR) is 135 cm³/mol. The third kappa shape index (κ3) is 4.53. The molecule has 5 rings (SSSR count). The molecule has 1 aliphatic rings. The number of rotatable bonds is 5. The van der Waals surface area contributed by atoms with Gasteiger partial charge in [-0.1, -0.05) is 12.2 Å². The minimum Gasteiger partial charge on any atom is -0.351 e. The van der Waals surface area contributed by atoms with Crippen LogP contribution in [0.15, 0.2) is 61.4 Å². The largest absolute Gasteiger partial charge is 0.351 e. The standard InChI is InChI=1S/C26H27N7O/c1-17(2)18-6-8-27-23(15-18)22-7-9-28-26(31-22)29-20-4-5-21-19(14-20)16-24(30-21)25(34)33-12-10-32(3)11-13-33/h4-9,14-16,30H,1,10-13H2,2-3H3,(H,28,29,31). The Hall–Kier alpha value is -4.04. The lowest BCUT2D eigenvalue weighted by Crippen LogP contribution is -2.47. The van der Waals surface area contributed by atoms with Crippen LogP contribution in [0, 0.1) is 0 Å². The highest BCUT2D eigenvalue weighted by Crippen LogP contribution is 2.24. The second kappa shape index (κ2) is 9.07. The van der Waals surface area contributed by atoms with Gasteiger partial charge in [0.25, 0.3) is 5.91 Å². The van der Waals surface area contributed by atoms with Crippen LogP contribution in [0.3, 0.4) is 0 Å². The molecule has 1 amide bonds. The van der Waals surface area contributed by atoms with Gasteiger partial charge < -0.3 is 20.1 Å². The Balaban J connectivity index is 1.35. The summed E-state index contributed by atoms with van der Waals surface area (Å²) in [6.45, 7) is 9.25. The Labute approximate surface area is 198 Å². The van der Waals surface area contributed by atoms with Gasteiger partial charge >= 0.3 is 0 Å². The lowest BCUT2D eigenvalue weighted by molar-refractivity contribution is 0.0659. The number of piperazine rings is 1. The van der Waals surface area contributed by atoms with Gasteiger partial charge in [0, 0.05) is 55.2 Å². The molecule has 0 atom stereocenters. The van der Waals surface area contributed by atoms with Crippen molar-refractivity contribution in [3.8, 4) is 11.4 Å². The Morgan fingerprint density at radius 3 is 2.59 bits per heavy atom. The smallest absolute Gasteiger partial charge is 0.270 e. The topological polar surface area (TPSA) is 90.0 Å². The Kier molecular flexibility index (Phi) is 5.81. The van der Waals surface area contributed by atoms with Crippen LogP contribution in [-0.2, 0) is 0 Å². The summed E-state index contributed by atoms with van der Waals surface area (Å²) >= 11 is 0. The molecule has 8 heteroatoms. The van der Waals surface area contributed by atoms with E-state index in [9.17, 15) is 4.79 Å². The van der Waals surface area contributed by atoms with Crippen molar-refractivity contribution in [2.45, 2.75) is 6.92 Å². The van der Waals surface area contributed by atoms with Crippen LogP contribution < -0.4 is 5.32 Å². The van der Waals surface area contributed by atoms with E-state index < -0.39 is 0 Å². The Morgan fingerprint density at radius 2 is 1.79 bits per heavy atom. The van der Waals surface area contributed by atoms with Gasteiger partial charge in [-0.3, -0.25) is 9.78 Å². The Morgan fingerprint density at radius 1 is 1.00 bits per heavy atom. The fourth-order valence-corrected chi connectivity index (χ4v) is 4.03. The van der Waals surface area contributed by atoms with Crippen molar-refractivity contribution in [2.75, 3.05) is 38.5 Å². The molecule has 1 aromatic carbocycles. The number of carbonyl (C=O) groups is 1. The maximum absolute atomic E-state index is 12.9. The maximum Gasteiger partial charge on any atom is 0.270 e. The zero-order valence-corrected chi connectivity index (χ0v) is 19.4. The maximum atomic E-state index is 12.9. The van der Waals surface area contributed by atoms with Crippen molar-refractivity contribution in [3.63, 3.8) is 0 Å². The molecule has 1 fully saturated rings. The number of aromatic nitrogens is 4. The zero-order chi connectivity index (χ0) is 23.7. The highest BCUT2D eigenvalue weighted by atomic mass is 16.2. The third-order valence-electron chi connectivity index (χ3n) is 6.07. The normalized spacial score (nSPS) is 14.4. The number of nitrogens with one attached hydrogen (secondary N) is 2. The van der Waals surface area contributed by atoms with Gasteiger partial charge in [-0.25, -0.2) is 9.97 Å². The van der Waals surface area contributed by atoms with Gasteiger partial charge in [0.15, 0.2) is 0 Å². The van der Waals surface area contributed by atoms with E-state index >= 15 is 0 Å². The summed E-state index contributed by atoms with van der Waals surface area (Å²) in [4.78, 5) is 33.7. The molecule has 0 aliphatic carbocycles. The number of fused-ring (bicyclic) bond motifs is 1. The first-order chi connectivity index (χ1) is 16.5. The van der Waals surface area contributed by atoms with Crippen LogP contribution in [0.4, 0.5) is 11.6 Å². The highest BCUT2D eigenvalue weighted by Gasteiger charge is 2.21. The summed E-state index contributed by atoms with van der Waals surface area (Å²) in [7, 11) is 2.08. The molecule has 4 heterocycles. The third-order valence-corrected chi connectivity index (χ3v) is 6.07. The average Bonchev–Trinajstić information content (AvgIpc) is 3.28. The molecule has 0 bridgehead atoms. The number of hydrogen-bond acceptors (Lipinski definition) is 6. The quantitative estimate of drug-likeness (QED) is 0.471. The number of benzene rings is 1. The summed E-state index contributed by atoms with van der Waals surface area (Å²) in [6.07, 6.45) is 3.47. The van der Waals surface area contributed by atoms with Crippen LogP contribution in [0.5, 0.6) is 0 Å². The lowest BCUT2D eigenvalue weighted by atomic mass is 10.1. The average molecular weight is 454 g/mol. The van der Waals surface area contributed by atoms with Crippen molar-refractivity contribution < 1.29 is 4.79 Å².